The van der Waals surface area contributed by atoms with Crippen molar-refractivity contribution in [1.82, 2.24) is 4.57 Å². The molecular weight excluding hydrogens is 689 g/mol. The summed E-state index contributed by atoms with van der Waals surface area (Å²) in [5.41, 5.74) is 22.8. The standard InChI is InChI=1S/C53H40BN3/c1-33-23-26-37(27-24-33)57-46-30-28-39-38-19-11-13-21-42(38)53(3,4)50(39)48(46)41-32-47(55(35-15-7-5-8-16-35)36-17-9-6-10-18-36)49-40-20-12-14-22-44(40)56-45-29-25-34(2)31-43(45)54(57)51(41)52(49)56/h5-32H,1-4H3. The van der Waals surface area contributed by atoms with Crippen molar-refractivity contribution in [3.05, 3.63) is 192 Å². The number of nitrogens with zero attached hydrogens (tertiary/aromatic N) is 3. The van der Waals surface area contributed by atoms with Crippen LogP contribution in [0.5, 0.6) is 0 Å². The lowest BCUT2D eigenvalue weighted by atomic mass is 9.43. The maximum atomic E-state index is 2.67. The summed E-state index contributed by atoms with van der Waals surface area (Å²) in [6, 6.07) is 63.6. The fourth-order valence-corrected chi connectivity index (χ4v) is 10.6. The van der Waals surface area contributed by atoms with Crippen molar-refractivity contribution in [2.75, 3.05) is 9.71 Å². The molecule has 0 unspecified atom stereocenters. The molecule has 0 N–H and O–H groups in total. The molecule has 0 saturated carbocycles. The highest BCUT2D eigenvalue weighted by molar-refractivity contribution is 6.93. The van der Waals surface area contributed by atoms with Crippen molar-refractivity contribution in [3.8, 4) is 27.9 Å². The molecular formula is C53H40BN3. The highest BCUT2D eigenvalue weighted by Crippen LogP contribution is 2.58. The van der Waals surface area contributed by atoms with Crippen LogP contribution in [-0.4, -0.2) is 11.4 Å². The summed E-state index contributed by atoms with van der Waals surface area (Å²) in [5, 5.41) is 2.53. The molecule has 4 heteroatoms. The van der Waals surface area contributed by atoms with E-state index < -0.39 is 0 Å². The summed E-state index contributed by atoms with van der Waals surface area (Å²) in [4.78, 5) is 5.16. The second-order valence-electron chi connectivity index (χ2n) is 16.7. The van der Waals surface area contributed by atoms with Crippen molar-refractivity contribution < 1.29 is 0 Å². The van der Waals surface area contributed by atoms with Crippen LogP contribution in [0.1, 0.15) is 36.1 Å². The Morgan fingerprint density at radius 2 is 1.21 bits per heavy atom. The third-order valence-corrected chi connectivity index (χ3v) is 13.0. The Kier molecular flexibility index (Phi) is 6.62. The maximum absolute atomic E-state index is 2.67. The molecule has 3 aliphatic rings. The van der Waals surface area contributed by atoms with Gasteiger partial charge in [-0.25, -0.2) is 0 Å². The molecule has 0 atom stereocenters. The van der Waals surface area contributed by atoms with Crippen LogP contribution in [0.4, 0.5) is 28.4 Å². The maximum Gasteiger partial charge on any atom is 0.333 e. The molecule has 12 rings (SSSR count). The van der Waals surface area contributed by atoms with Gasteiger partial charge in [0.1, 0.15) is 0 Å². The Morgan fingerprint density at radius 3 is 1.96 bits per heavy atom. The van der Waals surface area contributed by atoms with E-state index in [1.54, 1.807) is 0 Å². The number of para-hydroxylation sites is 3. The lowest BCUT2D eigenvalue weighted by molar-refractivity contribution is 0.662. The van der Waals surface area contributed by atoms with Crippen molar-refractivity contribution in [2.45, 2.75) is 33.1 Å². The van der Waals surface area contributed by atoms with Crippen molar-refractivity contribution in [2.24, 2.45) is 0 Å². The first-order valence-electron chi connectivity index (χ1n) is 20.1. The first-order chi connectivity index (χ1) is 27.9. The molecule has 0 spiro atoms. The first-order valence-corrected chi connectivity index (χ1v) is 20.1. The van der Waals surface area contributed by atoms with Gasteiger partial charge in [-0.15, -0.1) is 0 Å². The van der Waals surface area contributed by atoms with E-state index in [4.69, 9.17) is 0 Å². The smallest absolute Gasteiger partial charge is 0.333 e. The molecule has 57 heavy (non-hydrogen) atoms. The minimum Gasteiger partial charge on any atom is -0.376 e. The summed E-state index contributed by atoms with van der Waals surface area (Å²) < 4.78 is 2.59. The number of aromatic nitrogens is 1. The van der Waals surface area contributed by atoms with Crippen LogP contribution in [0, 0.1) is 13.8 Å². The molecule has 9 aromatic rings. The van der Waals surface area contributed by atoms with Crippen molar-refractivity contribution in [3.63, 3.8) is 0 Å². The summed E-state index contributed by atoms with van der Waals surface area (Å²) in [5.74, 6) is 0. The molecule has 0 fully saturated rings. The van der Waals surface area contributed by atoms with Crippen LogP contribution in [-0.2, 0) is 5.41 Å². The second-order valence-corrected chi connectivity index (χ2v) is 16.7. The lowest BCUT2D eigenvalue weighted by Crippen LogP contribution is -2.60. The summed E-state index contributed by atoms with van der Waals surface area (Å²) in [6.45, 7) is 9.23. The Bertz CT molecular complexity index is 3080. The van der Waals surface area contributed by atoms with Gasteiger partial charge in [-0.3, -0.25) is 0 Å². The Labute approximate surface area is 334 Å². The van der Waals surface area contributed by atoms with Crippen LogP contribution < -0.4 is 20.6 Å². The molecule has 270 valence electrons. The Hall–Kier alpha value is -6.78. The van der Waals surface area contributed by atoms with Crippen molar-refractivity contribution >= 4 is 68.0 Å². The second kappa shape index (κ2) is 11.6. The van der Waals surface area contributed by atoms with Gasteiger partial charge in [0.15, 0.2) is 0 Å². The van der Waals surface area contributed by atoms with E-state index in [0.717, 1.165) is 11.4 Å². The Morgan fingerprint density at radius 1 is 0.561 bits per heavy atom. The van der Waals surface area contributed by atoms with Gasteiger partial charge >= 0.3 is 6.85 Å². The summed E-state index contributed by atoms with van der Waals surface area (Å²) in [6.07, 6.45) is 0. The number of hydrogen-bond donors (Lipinski definition) is 0. The number of fused-ring (bicyclic) bond motifs is 12. The third kappa shape index (κ3) is 4.33. The van der Waals surface area contributed by atoms with Crippen LogP contribution in [0.2, 0.25) is 0 Å². The number of anilines is 5. The highest BCUT2D eigenvalue weighted by Gasteiger charge is 2.48. The van der Waals surface area contributed by atoms with Crippen LogP contribution in [0.15, 0.2) is 170 Å². The van der Waals surface area contributed by atoms with Crippen molar-refractivity contribution in [1.29, 1.82) is 0 Å². The lowest BCUT2D eigenvalue weighted by Gasteiger charge is -2.44. The topological polar surface area (TPSA) is 11.4 Å². The molecule has 3 heterocycles. The van der Waals surface area contributed by atoms with E-state index in [-0.39, 0.29) is 12.3 Å². The monoisotopic (exact) mass is 729 g/mol. The molecule has 0 amide bonds. The summed E-state index contributed by atoms with van der Waals surface area (Å²) >= 11 is 0. The minimum atomic E-state index is -0.223. The van der Waals surface area contributed by atoms with Gasteiger partial charge in [-0.05, 0) is 113 Å². The zero-order chi connectivity index (χ0) is 38.2. The Balaban J connectivity index is 1.32. The van der Waals surface area contributed by atoms with Crippen LogP contribution >= 0.6 is 0 Å². The van der Waals surface area contributed by atoms with E-state index >= 15 is 0 Å². The minimum absolute atomic E-state index is 0.0506. The van der Waals surface area contributed by atoms with E-state index in [0.29, 0.717) is 0 Å². The quantitative estimate of drug-likeness (QED) is 0.167. The van der Waals surface area contributed by atoms with Gasteiger partial charge in [0.25, 0.3) is 0 Å². The predicted molar refractivity (Wildman–Crippen MR) is 242 cm³/mol. The fraction of sp³-hybridized carbons (Fsp3) is 0.0943. The van der Waals surface area contributed by atoms with E-state index in [1.807, 2.05) is 0 Å². The van der Waals surface area contributed by atoms with Gasteiger partial charge < -0.3 is 14.3 Å². The predicted octanol–water partition coefficient (Wildman–Crippen LogP) is 12.4. The zero-order valence-electron chi connectivity index (χ0n) is 32.6. The van der Waals surface area contributed by atoms with E-state index in [1.165, 1.54) is 100.0 Å². The highest BCUT2D eigenvalue weighted by atomic mass is 15.2. The van der Waals surface area contributed by atoms with Gasteiger partial charge in [0, 0.05) is 50.2 Å². The zero-order valence-corrected chi connectivity index (χ0v) is 32.6. The molecule has 0 bridgehead atoms. The van der Waals surface area contributed by atoms with Crippen LogP contribution in [0.25, 0.3) is 49.7 Å². The number of benzene rings is 8. The molecule has 0 radical (unpaired) electrons. The number of rotatable bonds is 4. The first kappa shape index (κ1) is 32.5. The molecule has 2 aliphatic heterocycles. The van der Waals surface area contributed by atoms with E-state index in [2.05, 4.69) is 212 Å². The third-order valence-electron chi connectivity index (χ3n) is 13.0. The van der Waals surface area contributed by atoms with Gasteiger partial charge in [0.05, 0.1) is 16.7 Å². The number of aryl methyl sites for hydroxylation is 2. The van der Waals surface area contributed by atoms with Gasteiger partial charge in [0.2, 0.25) is 0 Å². The summed E-state index contributed by atoms with van der Waals surface area (Å²) in [7, 11) is 0. The molecule has 0 saturated heterocycles. The van der Waals surface area contributed by atoms with Gasteiger partial charge in [-0.1, -0.05) is 134 Å². The molecule has 1 aliphatic carbocycles. The normalized spacial score (nSPS) is 14.0. The molecule has 3 nitrogen and oxygen atoms in total. The number of hydrogen-bond acceptors (Lipinski definition) is 2. The van der Waals surface area contributed by atoms with Crippen LogP contribution in [0.3, 0.4) is 0 Å². The van der Waals surface area contributed by atoms with Gasteiger partial charge in [-0.2, -0.15) is 0 Å². The molecule has 8 aromatic carbocycles. The SMILES string of the molecule is Cc1ccc(N2B3c4cc(C)ccc4-n4c5ccccc5c5c(N(c6ccccc6)c6ccccc6)cc(c3c54)-c3c2ccc2c3C(C)(C)c3ccccc3-2)cc1. The average Bonchev–Trinajstić information content (AvgIpc) is 3.71. The molecule has 1 aromatic heterocycles. The largest absolute Gasteiger partial charge is 0.376 e. The van der Waals surface area contributed by atoms with E-state index in [9.17, 15) is 0 Å². The average molecular weight is 730 g/mol. The fourth-order valence-electron chi connectivity index (χ4n) is 10.6.